The fraction of sp³-hybridized carbons (Fsp3) is 0.286. The molecule has 2 aromatic rings. The van der Waals surface area contributed by atoms with Gasteiger partial charge in [-0.15, -0.1) is 23.1 Å². The van der Waals surface area contributed by atoms with Crippen LogP contribution >= 0.6 is 23.1 Å². The second-order valence-corrected chi connectivity index (χ2v) is 6.77. The number of carbonyl (C=O) groups excluding carboxylic acids is 1. The van der Waals surface area contributed by atoms with Gasteiger partial charge in [0.15, 0.2) is 6.04 Å². The Kier molecular flexibility index (Phi) is 4.49. The summed E-state index contributed by atoms with van der Waals surface area (Å²) in [6.07, 6.45) is 0. The van der Waals surface area contributed by atoms with Crippen LogP contribution in [0, 0.1) is 0 Å². The van der Waals surface area contributed by atoms with Crippen LogP contribution in [0.15, 0.2) is 23.2 Å². The molecule has 7 nitrogen and oxygen atoms in total. The van der Waals surface area contributed by atoms with Crippen LogP contribution in [0.1, 0.15) is 5.01 Å². The Morgan fingerprint density at radius 2 is 2.30 bits per heavy atom. The number of carboxylic acid groups (broad SMARTS) is 1. The molecule has 0 aliphatic carbocycles. The molecule has 0 amide bonds. The molecule has 23 heavy (non-hydrogen) atoms. The number of aromatic nitrogens is 1. The number of thioether (sulfide) groups is 1. The van der Waals surface area contributed by atoms with E-state index >= 15 is 0 Å². The number of nitrogens with zero attached hydrogens (tertiary/aromatic N) is 2. The molecule has 0 fully saturated rings. The van der Waals surface area contributed by atoms with Crippen molar-refractivity contribution in [1.29, 1.82) is 0 Å². The average Bonchev–Trinajstić information content (AvgIpc) is 3.18. The summed E-state index contributed by atoms with van der Waals surface area (Å²) in [7, 11) is 1.34. The van der Waals surface area contributed by atoms with Gasteiger partial charge in [-0.3, -0.25) is 9.79 Å². The van der Waals surface area contributed by atoms with Crippen molar-refractivity contribution in [3.05, 3.63) is 23.2 Å². The van der Waals surface area contributed by atoms with E-state index in [0.717, 1.165) is 20.9 Å². The number of carboxylic acids is 1. The first-order chi connectivity index (χ1) is 11.1. The maximum Gasteiger partial charge on any atom is 0.329 e. The average molecular weight is 351 g/mol. The van der Waals surface area contributed by atoms with E-state index in [-0.39, 0.29) is 12.5 Å². The lowest BCUT2D eigenvalue weighted by Crippen LogP contribution is -2.17. The lowest BCUT2D eigenvalue weighted by atomic mass is 10.3. The van der Waals surface area contributed by atoms with Crippen molar-refractivity contribution < 1.29 is 19.4 Å². The normalized spacial score (nSPS) is 17.1. The topological polar surface area (TPSA) is 101 Å². The Bertz CT molecular complexity index is 802. The predicted octanol–water partition coefficient (Wildman–Crippen LogP) is 1.83. The van der Waals surface area contributed by atoms with Crippen LogP contribution in [-0.2, 0) is 14.3 Å². The van der Waals surface area contributed by atoms with E-state index < -0.39 is 12.0 Å². The molecule has 0 bridgehead atoms. The largest absolute Gasteiger partial charge is 0.480 e. The summed E-state index contributed by atoms with van der Waals surface area (Å²) in [6, 6.07) is 4.88. The Labute approximate surface area is 139 Å². The molecular weight excluding hydrogens is 338 g/mol. The van der Waals surface area contributed by atoms with Gasteiger partial charge in [0.05, 0.1) is 17.3 Å². The van der Waals surface area contributed by atoms with Gasteiger partial charge in [-0.05, 0) is 18.2 Å². The van der Waals surface area contributed by atoms with E-state index in [2.05, 4.69) is 20.0 Å². The number of nitrogens with one attached hydrogen (secondary N) is 1. The zero-order valence-corrected chi connectivity index (χ0v) is 13.7. The van der Waals surface area contributed by atoms with Crippen molar-refractivity contribution >= 4 is 56.0 Å². The number of thiazole rings is 1. The molecule has 2 N–H and O–H groups in total. The Morgan fingerprint density at radius 1 is 1.48 bits per heavy atom. The molecule has 1 atom stereocenters. The predicted molar refractivity (Wildman–Crippen MR) is 90.5 cm³/mol. The maximum atomic E-state index is 11.2. The summed E-state index contributed by atoms with van der Waals surface area (Å²) in [5, 5.41) is 13.4. The van der Waals surface area contributed by atoms with Gasteiger partial charge in [0.2, 0.25) is 0 Å². The standard InChI is InChI=1S/C14H13N3O4S2/c1-21-11(18)5-15-7-2-3-8-10(4-7)23-13(16-8)12-17-9(6-22-12)14(19)20/h2-4,9,15H,5-6H2,1H3,(H,19,20)/t9-/m1/s1. The fourth-order valence-electron chi connectivity index (χ4n) is 1.99. The lowest BCUT2D eigenvalue weighted by Gasteiger charge is -2.04. The number of rotatable bonds is 5. The number of aliphatic carboxylic acids is 1. The quantitative estimate of drug-likeness (QED) is 0.793. The Hall–Kier alpha value is -2.13. The van der Waals surface area contributed by atoms with Crippen molar-refractivity contribution in [2.45, 2.75) is 6.04 Å². The van der Waals surface area contributed by atoms with Gasteiger partial charge < -0.3 is 15.2 Å². The SMILES string of the molecule is COC(=O)CNc1ccc2nc(C3=N[C@@H](C(=O)O)CS3)sc2c1. The number of anilines is 1. The molecule has 0 radical (unpaired) electrons. The molecule has 120 valence electrons. The van der Waals surface area contributed by atoms with Gasteiger partial charge in [0.1, 0.15) is 16.6 Å². The minimum absolute atomic E-state index is 0.0938. The third kappa shape index (κ3) is 3.45. The van der Waals surface area contributed by atoms with Crippen molar-refractivity contribution in [2.24, 2.45) is 4.99 Å². The molecular formula is C14H13N3O4S2. The van der Waals surface area contributed by atoms with E-state index in [4.69, 9.17) is 5.11 Å². The van der Waals surface area contributed by atoms with Gasteiger partial charge in [0, 0.05) is 11.4 Å². The highest BCUT2D eigenvalue weighted by Crippen LogP contribution is 2.31. The molecule has 1 aliphatic rings. The molecule has 0 spiro atoms. The summed E-state index contributed by atoms with van der Waals surface area (Å²) in [4.78, 5) is 30.8. The van der Waals surface area contributed by atoms with E-state index in [0.29, 0.717) is 10.8 Å². The highest BCUT2D eigenvalue weighted by atomic mass is 32.2. The van der Waals surface area contributed by atoms with Crippen LogP contribution in [0.25, 0.3) is 10.2 Å². The first kappa shape index (κ1) is 15.8. The third-order valence-corrected chi connectivity index (χ3v) is 5.38. The zero-order valence-electron chi connectivity index (χ0n) is 12.1. The first-order valence-electron chi connectivity index (χ1n) is 6.72. The van der Waals surface area contributed by atoms with Gasteiger partial charge >= 0.3 is 11.9 Å². The van der Waals surface area contributed by atoms with Gasteiger partial charge in [0.25, 0.3) is 0 Å². The monoisotopic (exact) mass is 351 g/mol. The smallest absolute Gasteiger partial charge is 0.329 e. The molecule has 0 unspecified atom stereocenters. The molecule has 1 aromatic carbocycles. The molecule has 3 rings (SSSR count). The van der Waals surface area contributed by atoms with Crippen molar-refractivity contribution in [2.75, 3.05) is 24.7 Å². The van der Waals surface area contributed by atoms with Crippen molar-refractivity contribution in [1.82, 2.24) is 4.98 Å². The number of methoxy groups -OCH3 is 1. The number of benzene rings is 1. The summed E-state index contributed by atoms with van der Waals surface area (Å²) in [5.74, 6) is -0.818. The summed E-state index contributed by atoms with van der Waals surface area (Å²) >= 11 is 2.86. The number of fused-ring (bicyclic) bond motifs is 1. The van der Waals surface area contributed by atoms with Crippen LogP contribution in [-0.4, -0.2) is 52.5 Å². The lowest BCUT2D eigenvalue weighted by molar-refractivity contribution is -0.139. The number of hydrogen-bond acceptors (Lipinski definition) is 8. The molecule has 1 aromatic heterocycles. The third-order valence-electron chi connectivity index (χ3n) is 3.17. The van der Waals surface area contributed by atoms with E-state index in [1.165, 1.54) is 30.2 Å². The van der Waals surface area contributed by atoms with Crippen LogP contribution in [0.5, 0.6) is 0 Å². The Morgan fingerprint density at radius 3 is 3.00 bits per heavy atom. The number of esters is 1. The van der Waals surface area contributed by atoms with Crippen molar-refractivity contribution in [3.8, 4) is 0 Å². The van der Waals surface area contributed by atoms with Crippen LogP contribution in [0.2, 0.25) is 0 Å². The minimum Gasteiger partial charge on any atom is -0.480 e. The number of ether oxygens (including phenoxy) is 1. The summed E-state index contributed by atoms with van der Waals surface area (Å²) in [6.45, 7) is 0.0938. The summed E-state index contributed by atoms with van der Waals surface area (Å²) < 4.78 is 5.52. The van der Waals surface area contributed by atoms with E-state index in [1.54, 1.807) is 0 Å². The van der Waals surface area contributed by atoms with Gasteiger partial charge in [-0.2, -0.15) is 0 Å². The second-order valence-electron chi connectivity index (χ2n) is 4.73. The van der Waals surface area contributed by atoms with Crippen LogP contribution < -0.4 is 5.32 Å². The minimum atomic E-state index is -0.914. The highest BCUT2D eigenvalue weighted by Gasteiger charge is 2.26. The zero-order chi connectivity index (χ0) is 16.4. The number of carbonyl (C=O) groups is 2. The molecule has 1 aliphatic heterocycles. The first-order valence-corrected chi connectivity index (χ1v) is 8.52. The van der Waals surface area contributed by atoms with Gasteiger partial charge in [-0.1, -0.05) is 0 Å². The maximum absolute atomic E-state index is 11.2. The molecule has 2 heterocycles. The highest BCUT2D eigenvalue weighted by molar-refractivity contribution is 8.15. The number of hydrogen-bond donors (Lipinski definition) is 2. The molecule has 9 heteroatoms. The van der Waals surface area contributed by atoms with Gasteiger partial charge in [-0.25, -0.2) is 9.78 Å². The van der Waals surface area contributed by atoms with Crippen LogP contribution in [0.4, 0.5) is 5.69 Å². The fourth-order valence-corrected chi connectivity index (χ4v) is 4.09. The second kappa shape index (κ2) is 6.55. The van der Waals surface area contributed by atoms with Crippen LogP contribution in [0.3, 0.4) is 0 Å². The Balaban J connectivity index is 1.81. The molecule has 0 saturated carbocycles. The molecule has 0 saturated heterocycles. The number of aliphatic imine (C=N–C) groups is 1. The van der Waals surface area contributed by atoms with E-state index in [9.17, 15) is 9.59 Å². The summed E-state index contributed by atoms with van der Waals surface area (Å²) in [5.41, 5.74) is 1.61. The van der Waals surface area contributed by atoms with E-state index in [1.807, 2.05) is 18.2 Å². The van der Waals surface area contributed by atoms with Crippen molar-refractivity contribution in [3.63, 3.8) is 0 Å².